The average molecular weight is 252 g/mol. The first-order valence-electron chi connectivity index (χ1n) is 5.20. The molecule has 18 heavy (non-hydrogen) atoms. The largest absolute Gasteiger partial charge is 0.357 e. The lowest BCUT2D eigenvalue weighted by atomic mass is 10.4. The summed E-state index contributed by atoms with van der Waals surface area (Å²) in [6.45, 7) is 3.49. The Morgan fingerprint density at radius 2 is 2.22 bits per heavy atom. The zero-order valence-corrected chi connectivity index (χ0v) is 10.2. The third-order valence-electron chi connectivity index (χ3n) is 2.36. The molecule has 0 saturated carbocycles. The maximum atomic E-state index is 10.9. The lowest BCUT2D eigenvalue weighted by Gasteiger charge is -2.02. The molecule has 1 N–H and O–H groups in total. The first-order chi connectivity index (χ1) is 8.49. The van der Waals surface area contributed by atoms with Crippen molar-refractivity contribution < 1.29 is 9.45 Å². The zero-order chi connectivity index (χ0) is 13.3. The highest BCUT2D eigenvalue weighted by molar-refractivity contribution is 5.59. The summed E-state index contributed by atoms with van der Waals surface area (Å²) in [5.74, 6) is 1.20. The Balaban J connectivity index is 2.21. The number of nitrogens with one attached hydrogen (secondary N) is 1. The molecule has 0 saturated heterocycles. The summed E-state index contributed by atoms with van der Waals surface area (Å²) in [6.07, 6.45) is 0. The molecule has 0 bridgehead atoms. The summed E-state index contributed by atoms with van der Waals surface area (Å²) in [5.41, 5.74) is 0.312. The summed E-state index contributed by atoms with van der Waals surface area (Å²) >= 11 is 0. The van der Waals surface area contributed by atoms with E-state index in [0.29, 0.717) is 23.2 Å². The van der Waals surface area contributed by atoms with Crippen LogP contribution >= 0.6 is 0 Å². The van der Waals surface area contributed by atoms with Crippen LogP contribution in [0.5, 0.6) is 0 Å². The van der Waals surface area contributed by atoms with E-state index in [1.165, 1.54) is 4.68 Å². The number of rotatable bonds is 4. The van der Waals surface area contributed by atoms with Gasteiger partial charge in [-0.2, -0.15) is 10.1 Å². The average Bonchev–Trinajstić information content (AvgIpc) is 2.79. The number of hydrogen-bond donors (Lipinski definition) is 1. The molecule has 0 aliphatic heterocycles. The highest BCUT2D eigenvalue weighted by Gasteiger charge is 2.23. The van der Waals surface area contributed by atoms with Crippen molar-refractivity contribution in [2.75, 3.05) is 5.32 Å². The zero-order valence-electron chi connectivity index (χ0n) is 10.2. The molecule has 0 fully saturated rings. The van der Waals surface area contributed by atoms with Gasteiger partial charge in [0.25, 0.3) is 0 Å². The van der Waals surface area contributed by atoms with Crippen LogP contribution in [0.4, 0.5) is 11.5 Å². The first kappa shape index (κ1) is 12.0. The number of nitro groups is 1. The van der Waals surface area contributed by atoms with Crippen LogP contribution in [-0.4, -0.2) is 24.8 Å². The smallest absolute Gasteiger partial charge is 0.333 e. The maximum absolute atomic E-state index is 10.9. The molecule has 2 heterocycles. The second kappa shape index (κ2) is 4.43. The van der Waals surface area contributed by atoms with Gasteiger partial charge in [-0.3, -0.25) is 10.1 Å². The Hall–Kier alpha value is -2.45. The van der Waals surface area contributed by atoms with Gasteiger partial charge in [-0.05, 0) is 6.92 Å². The van der Waals surface area contributed by atoms with Crippen LogP contribution in [0.2, 0.25) is 0 Å². The third kappa shape index (κ3) is 2.14. The van der Waals surface area contributed by atoms with E-state index in [0.717, 1.165) is 0 Å². The Labute approximate surface area is 102 Å². The van der Waals surface area contributed by atoms with Gasteiger partial charge in [-0.25, -0.2) is 4.68 Å². The monoisotopic (exact) mass is 252 g/mol. The molecule has 0 spiro atoms. The summed E-state index contributed by atoms with van der Waals surface area (Å²) in [4.78, 5) is 14.5. The van der Waals surface area contributed by atoms with E-state index in [1.54, 1.807) is 20.9 Å². The quantitative estimate of drug-likeness (QED) is 0.636. The van der Waals surface area contributed by atoms with Crippen molar-refractivity contribution in [3.63, 3.8) is 0 Å². The topological polar surface area (TPSA) is 112 Å². The number of aromatic nitrogens is 4. The fourth-order valence-electron chi connectivity index (χ4n) is 1.64. The van der Waals surface area contributed by atoms with E-state index in [4.69, 9.17) is 4.52 Å². The van der Waals surface area contributed by atoms with Crippen molar-refractivity contribution in [2.45, 2.75) is 20.4 Å². The highest BCUT2D eigenvalue weighted by atomic mass is 16.6. The molecular formula is C9H12N6O3. The number of hydrogen-bond acceptors (Lipinski definition) is 7. The van der Waals surface area contributed by atoms with Crippen LogP contribution in [0.15, 0.2) is 4.52 Å². The number of anilines is 1. The third-order valence-corrected chi connectivity index (χ3v) is 2.36. The van der Waals surface area contributed by atoms with Crippen LogP contribution in [0, 0.1) is 24.0 Å². The Kier molecular flexibility index (Phi) is 2.96. The van der Waals surface area contributed by atoms with Gasteiger partial charge >= 0.3 is 5.69 Å². The Bertz CT molecular complexity index is 587. The van der Waals surface area contributed by atoms with Gasteiger partial charge in [0, 0.05) is 14.0 Å². The highest BCUT2D eigenvalue weighted by Crippen LogP contribution is 2.27. The maximum Gasteiger partial charge on any atom is 0.333 e. The van der Waals surface area contributed by atoms with Crippen molar-refractivity contribution in [2.24, 2.45) is 7.05 Å². The van der Waals surface area contributed by atoms with Gasteiger partial charge in [0.2, 0.25) is 11.7 Å². The van der Waals surface area contributed by atoms with Crippen LogP contribution < -0.4 is 5.32 Å². The molecule has 0 aromatic carbocycles. The molecule has 9 heteroatoms. The lowest BCUT2D eigenvalue weighted by Crippen LogP contribution is -2.07. The second-order valence-corrected chi connectivity index (χ2v) is 3.75. The summed E-state index contributed by atoms with van der Waals surface area (Å²) in [5, 5.41) is 21.5. The standard InChI is InChI=1S/C9H12N6O3/c1-5-8(15(16)17)9(14(3)12-5)10-4-7-11-6(2)18-13-7/h10H,4H2,1-3H3. The molecule has 0 unspecified atom stereocenters. The molecule has 0 aliphatic rings. The molecule has 0 atom stereocenters. The van der Waals surface area contributed by atoms with E-state index in [9.17, 15) is 10.1 Å². The predicted octanol–water partition coefficient (Wildman–Crippen LogP) is 0.940. The van der Waals surface area contributed by atoms with Crippen LogP contribution in [0.3, 0.4) is 0 Å². The molecular weight excluding hydrogens is 240 g/mol. The van der Waals surface area contributed by atoms with Crippen molar-refractivity contribution in [3.05, 3.63) is 27.5 Å². The van der Waals surface area contributed by atoms with Gasteiger partial charge in [0.15, 0.2) is 5.82 Å². The van der Waals surface area contributed by atoms with Gasteiger partial charge in [0.05, 0.1) is 11.5 Å². The molecule has 2 aromatic heterocycles. The fraction of sp³-hybridized carbons (Fsp3) is 0.444. The van der Waals surface area contributed by atoms with Crippen molar-refractivity contribution in [1.82, 2.24) is 19.9 Å². The predicted molar refractivity (Wildman–Crippen MR) is 61.0 cm³/mol. The first-order valence-corrected chi connectivity index (χ1v) is 5.20. The number of aryl methyl sites for hydroxylation is 3. The minimum absolute atomic E-state index is 0.0438. The summed E-state index contributed by atoms with van der Waals surface area (Å²) < 4.78 is 6.23. The van der Waals surface area contributed by atoms with Gasteiger partial charge in [0.1, 0.15) is 5.69 Å². The van der Waals surface area contributed by atoms with Crippen LogP contribution in [0.1, 0.15) is 17.4 Å². The van der Waals surface area contributed by atoms with Crippen molar-refractivity contribution >= 4 is 11.5 Å². The molecule has 0 aliphatic carbocycles. The van der Waals surface area contributed by atoms with Crippen molar-refractivity contribution in [1.29, 1.82) is 0 Å². The van der Waals surface area contributed by atoms with Gasteiger partial charge in [-0.1, -0.05) is 5.16 Å². The molecule has 2 rings (SSSR count). The summed E-state index contributed by atoms with van der Waals surface area (Å²) in [6, 6.07) is 0. The van der Waals surface area contributed by atoms with E-state index in [2.05, 4.69) is 20.6 Å². The van der Waals surface area contributed by atoms with Gasteiger partial charge < -0.3 is 9.84 Å². The fourth-order valence-corrected chi connectivity index (χ4v) is 1.64. The number of nitrogens with zero attached hydrogens (tertiary/aromatic N) is 5. The molecule has 96 valence electrons. The summed E-state index contributed by atoms with van der Waals surface area (Å²) in [7, 11) is 1.63. The van der Waals surface area contributed by atoms with Crippen LogP contribution in [-0.2, 0) is 13.6 Å². The van der Waals surface area contributed by atoms with E-state index in [1.807, 2.05) is 0 Å². The minimum Gasteiger partial charge on any atom is -0.357 e. The normalized spacial score (nSPS) is 10.6. The molecule has 0 radical (unpaired) electrons. The van der Waals surface area contributed by atoms with E-state index >= 15 is 0 Å². The van der Waals surface area contributed by atoms with Crippen molar-refractivity contribution in [3.8, 4) is 0 Å². The molecule has 2 aromatic rings. The van der Waals surface area contributed by atoms with E-state index in [-0.39, 0.29) is 12.2 Å². The Morgan fingerprint density at radius 1 is 1.50 bits per heavy atom. The second-order valence-electron chi connectivity index (χ2n) is 3.75. The van der Waals surface area contributed by atoms with E-state index < -0.39 is 4.92 Å². The Morgan fingerprint density at radius 3 is 2.78 bits per heavy atom. The SMILES string of the molecule is Cc1nc(CNc2c([N+](=O)[O-])c(C)nn2C)no1. The van der Waals surface area contributed by atoms with Gasteiger partial charge in [-0.15, -0.1) is 0 Å². The molecule has 0 amide bonds. The molecule has 9 nitrogen and oxygen atoms in total. The van der Waals surface area contributed by atoms with Crippen LogP contribution in [0.25, 0.3) is 0 Å². The minimum atomic E-state index is -0.466. The lowest BCUT2D eigenvalue weighted by molar-refractivity contribution is -0.384.